The summed E-state index contributed by atoms with van der Waals surface area (Å²) >= 11 is 5.91. The minimum atomic E-state index is -0.411. The zero-order chi connectivity index (χ0) is 22.0. The average Bonchev–Trinajstić information content (AvgIpc) is 3.05. The van der Waals surface area contributed by atoms with E-state index < -0.39 is 5.97 Å². The molecule has 1 aliphatic heterocycles. The highest BCUT2D eigenvalue weighted by Gasteiger charge is 2.30. The minimum Gasteiger partial charge on any atom is -0.497 e. The maximum absolute atomic E-state index is 12.8. The van der Waals surface area contributed by atoms with Gasteiger partial charge in [-0.25, -0.2) is 0 Å². The summed E-state index contributed by atoms with van der Waals surface area (Å²) in [5.74, 6) is 1.01. The fourth-order valence-corrected chi connectivity index (χ4v) is 3.45. The molecular formula is C25H19ClO5. The molecular weight excluding hydrogens is 416 g/mol. The Kier molecular flexibility index (Phi) is 5.78. The van der Waals surface area contributed by atoms with Crippen LogP contribution in [-0.4, -0.2) is 18.9 Å². The van der Waals surface area contributed by atoms with Gasteiger partial charge in [-0.15, -0.1) is 0 Å². The van der Waals surface area contributed by atoms with Crippen molar-refractivity contribution in [2.24, 2.45) is 0 Å². The summed E-state index contributed by atoms with van der Waals surface area (Å²) in [5.41, 5.74) is 2.75. The number of allylic oxidation sites excluding steroid dienone is 1. The van der Waals surface area contributed by atoms with Crippen molar-refractivity contribution in [1.29, 1.82) is 0 Å². The van der Waals surface area contributed by atoms with Gasteiger partial charge in [-0.2, -0.15) is 0 Å². The second-order valence-corrected chi connectivity index (χ2v) is 7.54. The first kappa shape index (κ1) is 20.7. The van der Waals surface area contributed by atoms with Crippen molar-refractivity contribution in [3.63, 3.8) is 0 Å². The highest BCUT2D eigenvalue weighted by atomic mass is 35.5. The standard InChI is InChI=1S/C25H19ClO5/c1-15-11-20(30-23(27)13-17-5-9-19(29-2)10-6-17)14-21-24(15)25(28)22(31-21)12-16-3-7-18(26)8-4-16/h3-12,14H,13H2,1-2H3/b22-12-. The Balaban J connectivity index is 1.50. The number of aryl methyl sites for hydroxylation is 1. The third-order valence-electron chi connectivity index (χ3n) is 4.85. The Morgan fingerprint density at radius 1 is 1.03 bits per heavy atom. The van der Waals surface area contributed by atoms with Crippen molar-refractivity contribution in [2.45, 2.75) is 13.3 Å². The zero-order valence-electron chi connectivity index (χ0n) is 17.0. The van der Waals surface area contributed by atoms with Gasteiger partial charge in [-0.3, -0.25) is 9.59 Å². The SMILES string of the molecule is COc1ccc(CC(=O)Oc2cc(C)c3c(c2)O/C(=C\c2ccc(Cl)cc2)C3=O)cc1. The van der Waals surface area contributed by atoms with E-state index in [1.807, 2.05) is 12.1 Å². The molecule has 0 saturated carbocycles. The van der Waals surface area contributed by atoms with E-state index in [1.165, 1.54) is 0 Å². The lowest BCUT2D eigenvalue weighted by molar-refractivity contribution is -0.133. The summed E-state index contributed by atoms with van der Waals surface area (Å²) in [5, 5.41) is 0.612. The van der Waals surface area contributed by atoms with Crippen LogP contribution in [0.3, 0.4) is 0 Å². The summed E-state index contributed by atoms with van der Waals surface area (Å²) in [6.07, 6.45) is 1.77. The largest absolute Gasteiger partial charge is 0.497 e. The number of ether oxygens (including phenoxy) is 3. The predicted molar refractivity (Wildman–Crippen MR) is 118 cm³/mol. The van der Waals surface area contributed by atoms with Crippen LogP contribution in [0.15, 0.2) is 66.4 Å². The predicted octanol–water partition coefficient (Wildman–Crippen LogP) is 5.42. The van der Waals surface area contributed by atoms with Gasteiger partial charge in [0.1, 0.15) is 17.2 Å². The number of halogens is 1. The number of fused-ring (bicyclic) bond motifs is 1. The number of ketones is 1. The molecule has 3 aromatic rings. The fourth-order valence-electron chi connectivity index (χ4n) is 3.32. The molecule has 4 rings (SSSR count). The molecule has 0 atom stereocenters. The van der Waals surface area contributed by atoms with Crippen LogP contribution in [0.4, 0.5) is 0 Å². The van der Waals surface area contributed by atoms with E-state index in [4.69, 9.17) is 25.8 Å². The minimum absolute atomic E-state index is 0.113. The molecule has 0 saturated heterocycles. The summed E-state index contributed by atoms with van der Waals surface area (Å²) < 4.78 is 16.4. The molecule has 1 heterocycles. The lowest BCUT2D eigenvalue weighted by Gasteiger charge is -2.08. The molecule has 1 aliphatic rings. The van der Waals surface area contributed by atoms with Crippen LogP contribution in [0.1, 0.15) is 27.0 Å². The third-order valence-corrected chi connectivity index (χ3v) is 5.10. The van der Waals surface area contributed by atoms with E-state index in [2.05, 4.69) is 0 Å². The monoisotopic (exact) mass is 434 g/mol. The Morgan fingerprint density at radius 3 is 2.42 bits per heavy atom. The van der Waals surface area contributed by atoms with E-state index in [9.17, 15) is 9.59 Å². The van der Waals surface area contributed by atoms with Crippen LogP contribution < -0.4 is 14.2 Å². The number of esters is 1. The molecule has 0 radical (unpaired) electrons. The first-order chi connectivity index (χ1) is 14.9. The molecule has 0 spiro atoms. The lowest BCUT2D eigenvalue weighted by atomic mass is 10.0. The maximum atomic E-state index is 12.8. The van der Waals surface area contributed by atoms with Gasteiger partial charge >= 0.3 is 5.97 Å². The lowest BCUT2D eigenvalue weighted by Crippen LogP contribution is -2.11. The van der Waals surface area contributed by atoms with E-state index in [-0.39, 0.29) is 18.0 Å². The van der Waals surface area contributed by atoms with Crippen molar-refractivity contribution in [3.8, 4) is 17.2 Å². The number of benzene rings is 3. The average molecular weight is 435 g/mol. The number of methoxy groups -OCH3 is 1. The molecule has 0 aliphatic carbocycles. The van der Waals surface area contributed by atoms with Crippen LogP contribution >= 0.6 is 11.6 Å². The molecule has 0 aromatic heterocycles. The smallest absolute Gasteiger partial charge is 0.315 e. The van der Waals surface area contributed by atoms with Crippen molar-refractivity contribution >= 4 is 29.4 Å². The van der Waals surface area contributed by atoms with Gasteiger partial charge in [0, 0.05) is 11.1 Å². The highest BCUT2D eigenvalue weighted by Crippen LogP contribution is 2.37. The van der Waals surface area contributed by atoms with Crippen molar-refractivity contribution in [1.82, 2.24) is 0 Å². The summed E-state index contributed by atoms with van der Waals surface area (Å²) in [4.78, 5) is 25.1. The molecule has 3 aromatic carbocycles. The van der Waals surface area contributed by atoms with Crippen LogP contribution in [-0.2, 0) is 11.2 Å². The number of carbonyl (C=O) groups excluding carboxylic acids is 2. The van der Waals surface area contributed by atoms with E-state index in [1.54, 1.807) is 68.6 Å². The van der Waals surface area contributed by atoms with Crippen molar-refractivity contribution < 1.29 is 23.8 Å². The second kappa shape index (κ2) is 8.66. The molecule has 156 valence electrons. The Bertz CT molecular complexity index is 1180. The van der Waals surface area contributed by atoms with Gasteiger partial charge in [0.25, 0.3) is 0 Å². The normalized spacial score (nSPS) is 13.6. The molecule has 5 nitrogen and oxygen atoms in total. The number of carbonyl (C=O) groups is 2. The highest BCUT2D eigenvalue weighted by molar-refractivity contribution is 6.30. The number of hydrogen-bond acceptors (Lipinski definition) is 5. The van der Waals surface area contributed by atoms with E-state index in [0.29, 0.717) is 27.6 Å². The Hall–Kier alpha value is -3.57. The fraction of sp³-hybridized carbons (Fsp3) is 0.120. The van der Waals surface area contributed by atoms with Crippen LogP contribution in [0, 0.1) is 6.92 Å². The van der Waals surface area contributed by atoms with Crippen molar-refractivity contribution in [3.05, 3.63) is 93.7 Å². The van der Waals surface area contributed by atoms with Gasteiger partial charge in [0.15, 0.2) is 5.76 Å². The van der Waals surface area contributed by atoms with E-state index >= 15 is 0 Å². The summed E-state index contributed by atoms with van der Waals surface area (Å²) in [7, 11) is 1.59. The molecule has 0 bridgehead atoms. The first-order valence-electron chi connectivity index (χ1n) is 9.61. The molecule has 6 heteroatoms. The molecule has 0 unspecified atom stereocenters. The number of hydrogen-bond donors (Lipinski definition) is 0. The molecule has 0 N–H and O–H groups in total. The van der Waals surface area contributed by atoms with Gasteiger partial charge in [0.05, 0.1) is 19.1 Å². The summed E-state index contributed by atoms with van der Waals surface area (Å²) in [6.45, 7) is 1.78. The quantitative estimate of drug-likeness (QED) is 0.305. The molecule has 31 heavy (non-hydrogen) atoms. The van der Waals surface area contributed by atoms with Gasteiger partial charge in [0.2, 0.25) is 5.78 Å². The van der Waals surface area contributed by atoms with E-state index in [0.717, 1.165) is 16.9 Å². The van der Waals surface area contributed by atoms with Gasteiger partial charge in [-0.05, 0) is 60.0 Å². The second-order valence-electron chi connectivity index (χ2n) is 7.10. The zero-order valence-corrected chi connectivity index (χ0v) is 17.7. The van der Waals surface area contributed by atoms with Crippen LogP contribution in [0.2, 0.25) is 5.02 Å². The third kappa shape index (κ3) is 4.62. The van der Waals surface area contributed by atoms with Crippen LogP contribution in [0.25, 0.3) is 6.08 Å². The maximum Gasteiger partial charge on any atom is 0.315 e. The van der Waals surface area contributed by atoms with Gasteiger partial charge in [-0.1, -0.05) is 35.9 Å². The molecule has 0 amide bonds. The molecule has 0 fully saturated rings. The first-order valence-corrected chi connectivity index (χ1v) is 9.99. The van der Waals surface area contributed by atoms with Gasteiger partial charge < -0.3 is 14.2 Å². The number of Topliss-reactive ketones (excluding diaryl/α,β-unsaturated/α-hetero) is 1. The van der Waals surface area contributed by atoms with Crippen molar-refractivity contribution in [2.75, 3.05) is 7.11 Å². The Morgan fingerprint density at radius 2 is 1.74 bits per heavy atom. The number of rotatable bonds is 5. The summed E-state index contributed by atoms with van der Waals surface area (Å²) in [6, 6.07) is 17.5. The Labute approximate surface area is 184 Å². The topological polar surface area (TPSA) is 61.8 Å². The van der Waals surface area contributed by atoms with Crippen LogP contribution in [0.5, 0.6) is 17.2 Å².